The average Bonchev–Trinajstić information content (AvgIpc) is 2.41. The highest BCUT2D eigenvalue weighted by molar-refractivity contribution is 5.76. The van der Waals surface area contributed by atoms with Crippen LogP contribution in [-0.4, -0.2) is 25.0 Å². The number of amides is 1. The molecule has 4 heteroatoms. The zero-order chi connectivity index (χ0) is 20.1. The lowest BCUT2D eigenvalue weighted by atomic mass is 9.64. The second-order valence-electron chi connectivity index (χ2n) is 10.2. The van der Waals surface area contributed by atoms with Crippen molar-refractivity contribution in [3.05, 3.63) is 0 Å². The normalized spacial score (nSPS) is 13.5. The summed E-state index contributed by atoms with van der Waals surface area (Å²) in [5, 5.41) is 3.08. The largest absolute Gasteiger partial charge is 0.466 e. The third kappa shape index (κ3) is 7.37. The molecule has 0 rings (SSSR count). The van der Waals surface area contributed by atoms with Crippen molar-refractivity contribution >= 4 is 11.9 Å². The summed E-state index contributed by atoms with van der Waals surface area (Å²) in [6.45, 7) is 22.2. The van der Waals surface area contributed by atoms with Crippen LogP contribution in [0.2, 0.25) is 0 Å². The Morgan fingerprint density at radius 2 is 1.36 bits per heavy atom. The first kappa shape index (κ1) is 23.9. The van der Waals surface area contributed by atoms with Gasteiger partial charge in [-0.2, -0.15) is 0 Å². The number of ether oxygens (including phenoxy) is 1. The molecule has 0 saturated carbocycles. The SMILES string of the molecule is CCOC(=O)CC(C)(C)C(C)(C)CCC(=O)NCC(C)(C)C(C)(C)C. The Balaban J connectivity index is 4.62. The molecule has 0 heterocycles. The van der Waals surface area contributed by atoms with E-state index in [9.17, 15) is 9.59 Å². The van der Waals surface area contributed by atoms with E-state index in [0.717, 1.165) is 6.42 Å². The van der Waals surface area contributed by atoms with E-state index < -0.39 is 0 Å². The van der Waals surface area contributed by atoms with Crippen LogP contribution in [0, 0.1) is 21.7 Å². The smallest absolute Gasteiger partial charge is 0.306 e. The molecule has 0 saturated heterocycles. The van der Waals surface area contributed by atoms with E-state index in [1.807, 2.05) is 6.92 Å². The average molecular weight is 356 g/mol. The molecule has 25 heavy (non-hydrogen) atoms. The predicted molar refractivity (Wildman–Crippen MR) is 104 cm³/mol. The summed E-state index contributed by atoms with van der Waals surface area (Å²) in [5.74, 6) is -0.0886. The van der Waals surface area contributed by atoms with Crippen molar-refractivity contribution in [2.45, 2.75) is 88.5 Å². The molecule has 0 aliphatic heterocycles. The Morgan fingerprint density at radius 3 is 1.80 bits per heavy atom. The molecule has 0 spiro atoms. The summed E-state index contributed by atoms with van der Waals surface area (Å²) in [4.78, 5) is 24.2. The maximum absolute atomic E-state index is 12.3. The predicted octanol–water partition coefficient (Wildman–Crippen LogP) is 4.96. The van der Waals surface area contributed by atoms with Crippen molar-refractivity contribution in [1.29, 1.82) is 0 Å². The van der Waals surface area contributed by atoms with Crippen molar-refractivity contribution in [3.63, 3.8) is 0 Å². The molecule has 0 aliphatic rings. The molecule has 0 unspecified atom stereocenters. The number of rotatable bonds is 9. The summed E-state index contributed by atoms with van der Waals surface area (Å²) >= 11 is 0. The van der Waals surface area contributed by atoms with Crippen LogP contribution in [-0.2, 0) is 14.3 Å². The van der Waals surface area contributed by atoms with Gasteiger partial charge in [-0.3, -0.25) is 9.59 Å². The number of esters is 1. The lowest BCUT2D eigenvalue weighted by Gasteiger charge is -2.41. The molecule has 148 valence electrons. The van der Waals surface area contributed by atoms with Crippen LogP contribution in [0.1, 0.15) is 88.5 Å². The lowest BCUT2D eigenvalue weighted by Crippen LogP contribution is -2.42. The topological polar surface area (TPSA) is 55.4 Å². The minimum atomic E-state index is -0.232. The first-order chi connectivity index (χ1) is 11.1. The van der Waals surface area contributed by atoms with Gasteiger partial charge in [-0.05, 0) is 35.0 Å². The van der Waals surface area contributed by atoms with E-state index >= 15 is 0 Å². The molecule has 1 N–H and O–H groups in total. The van der Waals surface area contributed by atoms with E-state index in [1.165, 1.54) is 0 Å². The zero-order valence-electron chi connectivity index (χ0n) is 18.3. The van der Waals surface area contributed by atoms with E-state index in [0.29, 0.717) is 26.0 Å². The number of hydrogen-bond donors (Lipinski definition) is 1. The summed E-state index contributed by atoms with van der Waals surface area (Å²) < 4.78 is 5.09. The third-order valence-electron chi connectivity index (χ3n) is 6.46. The van der Waals surface area contributed by atoms with E-state index in [-0.39, 0.29) is 33.5 Å². The van der Waals surface area contributed by atoms with Gasteiger partial charge in [0.05, 0.1) is 13.0 Å². The molecule has 0 aliphatic carbocycles. The Morgan fingerprint density at radius 1 is 0.840 bits per heavy atom. The highest BCUT2D eigenvalue weighted by Crippen LogP contribution is 2.45. The van der Waals surface area contributed by atoms with Gasteiger partial charge < -0.3 is 10.1 Å². The van der Waals surface area contributed by atoms with E-state index in [4.69, 9.17) is 4.74 Å². The number of carbonyl (C=O) groups excluding carboxylic acids is 2. The van der Waals surface area contributed by atoms with Gasteiger partial charge in [0.1, 0.15) is 0 Å². The molecule has 0 aromatic heterocycles. The van der Waals surface area contributed by atoms with Crippen molar-refractivity contribution in [1.82, 2.24) is 5.32 Å². The van der Waals surface area contributed by atoms with Crippen LogP contribution in [0.25, 0.3) is 0 Å². The maximum Gasteiger partial charge on any atom is 0.306 e. The van der Waals surface area contributed by atoms with Crippen LogP contribution < -0.4 is 5.32 Å². The highest BCUT2D eigenvalue weighted by Gasteiger charge is 2.39. The molecule has 0 atom stereocenters. The molecular formula is C21H41NO3. The van der Waals surface area contributed by atoms with Gasteiger partial charge in [0, 0.05) is 13.0 Å². The third-order valence-corrected chi connectivity index (χ3v) is 6.46. The zero-order valence-corrected chi connectivity index (χ0v) is 18.3. The second kappa shape index (κ2) is 8.55. The molecule has 0 radical (unpaired) electrons. The minimum Gasteiger partial charge on any atom is -0.466 e. The summed E-state index contributed by atoms with van der Waals surface area (Å²) in [6, 6.07) is 0. The first-order valence-corrected chi connectivity index (χ1v) is 9.48. The van der Waals surface area contributed by atoms with Crippen LogP contribution in [0.3, 0.4) is 0 Å². The molecule has 4 nitrogen and oxygen atoms in total. The molecule has 1 amide bonds. The van der Waals surface area contributed by atoms with Crippen LogP contribution in [0.15, 0.2) is 0 Å². The quantitative estimate of drug-likeness (QED) is 0.595. The molecule has 0 aromatic carbocycles. The minimum absolute atomic E-state index is 0.0291. The first-order valence-electron chi connectivity index (χ1n) is 9.48. The van der Waals surface area contributed by atoms with Crippen LogP contribution in [0.4, 0.5) is 0 Å². The maximum atomic E-state index is 12.3. The van der Waals surface area contributed by atoms with Crippen molar-refractivity contribution in [3.8, 4) is 0 Å². The molecule has 0 bridgehead atoms. The summed E-state index contributed by atoms with van der Waals surface area (Å²) in [7, 11) is 0. The fourth-order valence-electron chi connectivity index (χ4n) is 2.25. The van der Waals surface area contributed by atoms with E-state index in [1.54, 1.807) is 0 Å². The van der Waals surface area contributed by atoms with Gasteiger partial charge in [-0.25, -0.2) is 0 Å². The fraction of sp³-hybridized carbons (Fsp3) is 0.905. The Bertz CT molecular complexity index is 456. The van der Waals surface area contributed by atoms with Crippen LogP contribution in [0.5, 0.6) is 0 Å². The van der Waals surface area contributed by atoms with Gasteiger partial charge in [0.25, 0.3) is 0 Å². The number of nitrogens with one attached hydrogen (secondary N) is 1. The van der Waals surface area contributed by atoms with E-state index in [2.05, 4.69) is 67.6 Å². The van der Waals surface area contributed by atoms with Gasteiger partial charge in [-0.1, -0.05) is 62.3 Å². The number of hydrogen-bond acceptors (Lipinski definition) is 3. The van der Waals surface area contributed by atoms with Crippen molar-refractivity contribution < 1.29 is 14.3 Å². The second-order valence-corrected chi connectivity index (χ2v) is 10.2. The summed E-state index contributed by atoms with van der Waals surface area (Å²) in [6.07, 6.45) is 1.58. The van der Waals surface area contributed by atoms with Crippen LogP contribution >= 0.6 is 0 Å². The van der Waals surface area contributed by atoms with Crippen molar-refractivity contribution in [2.75, 3.05) is 13.2 Å². The molecule has 0 fully saturated rings. The Hall–Kier alpha value is -1.06. The highest BCUT2D eigenvalue weighted by atomic mass is 16.5. The Kier molecular flexibility index (Phi) is 8.19. The Labute approximate surface area is 155 Å². The fourth-order valence-corrected chi connectivity index (χ4v) is 2.25. The van der Waals surface area contributed by atoms with Gasteiger partial charge in [-0.15, -0.1) is 0 Å². The standard InChI is InChI=1S/C21H41NO3/c1-11-25-17(24)14-20(7,8)19(5,6)13-12-16(23)22-15-21(9,10)18(2,3)4/h11-15H2,1-10H3,(H,22,23). The van der Waals surface area contributed by atoms with Gasteiger partial charge in [0.2, 0.25) is 5.91 Å². The summed E-state index contributed by atoms with van der Waals surface area (Å²) in [5.41, 5.74) is -0.219. The lowest BCUT2D eigenvalue weighted by molar-refractivity contribution is -0.147. The molecular weight excluding hydrogens is 314 g/mol. The molecule has 0 aromatic rings. The van der Waals surface area contributed by atoms with Gasteiger partial charge in [0.15, 0.2) is 0 Å². The number of carbonyl (C=O) groups is 2. The van der Waals surface area contributed by atoms with Gasteiger partial charge >= 0.3 is 5.97 Å². The van der Waals surface area contributed by atoms with Crippen molar-refractivity contribution in [2.24, 2.45) is 21.7 Å². The monoisotopic (exact) mass is 355 g/mol.